The Labute approximate surface area is 206 Å². The maximum Gasteiger partial charge on any atom is 0.343 e. The lowest BCUT2D eigenvalue weighted by atomic mass is 10.1. The molecule has 0 aliphatic carbocycles. The van der Waals surface area contributed by atoms with Crippen LogP contribution in [0.15, 0.2) is 58.4 Å². The first-order valence-corrected chi connectivity index (χ1v) is 11.7. The lowest BCUT2D eigenvalue weighted by Crippen LogP contribution is -2.24. The Hall–Kier alpha value is -4.40. The van der Waals surface area contributed by atoms with Gasteiger partial charge >= 0.3 is 5.97 Å². The minimum absolute atomic E-state index is 0.0380. The van der Waals surface area contributed by atoms with Crippen LogP contribution in [0.4, 0.5) is 5.69 Å². The predicted molar refractivity (Wildman–Crippen MR) is 138 cm³/mol. The molecule has 0 aliphatic heterocycles. The zero-order valence-corrected chi connectivity index (χ0v) is 20.6. The summed E-state index contributed by atoms with van der Waals surface area (Å²) in [7, 11) is 1.51. The lowest BCUT2D eigenvalue weighted by molar-refractivity contribution is 0.0524. The first-order chi connectivity index (χ1) is 17.3. The molecule has 0 unspecified atom stereocenters. The van der Waals surface area contributed by atoms with Gasteiger partial charge in [0.2, 0.25) is 10.9 Å². The van der Waals surface area contributed by atoms with Gasteiger partial charge in [0.05, 0.1) is 30.1 Å². The molecule has 2 aromatic carbocycles. The second-order valence-electron chi connectivity index (χ2n) is 8.11. The number of aryl methyl sites for hydroxylation is 2. The molecule has 186 valence electrons. The summed E-state index contributed by atoms with van der Waals surface area (Å²) in [6, 6.07) is 10.0. The zero-order chi connectivity index (χ0) is 26.0. The number of aromatic nitrogens is 2. The van der Waals surface area contributed by atoms with Crippen LogP contribution >= 0.6 is 0 Å². The van der Waals surface area contributed by atoms with Gasteiger partial charge in [-0.15, -0.1) is 0 Å². The summed E-state index contributed by atoms with van der Waals surface area (Å²) < 4.78 is 13.9. The van der Waals surface area contributed by atoms with Gasteiger partial charge in [0.15, 0.2) is 0 Å². The van der Waals surface area contributed by atoms with Gasteiger partial charge in [-0.05, 0) is 57.2 Å². The van der Waals surface area contributed by atoms with Gasteiger partial charge in [0.25, 0.3) is 5.91 Å². The van der Waals surface area contributed by atoms with Gasteiger partial charge < -0.3 is 23.9 Å². The smallest absolute Gasteiger partial charge is 0.343 e. The van der Waals surface area contributed by atoms with Crippen LogP contribution in [0.2, 0.25) is 0 Å². The third-order valence-corrected chi connectivity index (χ3v) is 6.05. The summed E-state index contributed by atoms with van der Waals surface area (Å²) in [6.07, 6.45) is 3.01. The average molecular weight is 490 g/mol. The summed E-state index contributed by atoms with van der Waals surface area (Å²) in [6.45, 7) is 6.69. The Kier molecular flexibility index (Phi) is 6.91. The molecule has 0 saturated carbocycles. The lowest BCUT2D eigenvalue weighted by Gasteiger charge is -2.14. The molecule has 4 aromatic rings. The van der Waals surface area contributed by atoms with E-state index in [9.17, 15) is 19.2 Å². The van der Waals surface area contributed by atoms with Crippen LogP contribution in [-0.4, -0.2) is 34.7 Å². The molecule has 2 aromatic heterocycles. The predicted octanol–water partition coefficient (Wildman–Crippen LogP) is 3.79. The molecular formula is C27H27N3O6. The van der Waals surface area contributed by atoms with E-state index < -0.39 is 22.7 Å². The Bertz CT molecular complexity index is 1620. The molecule has 1 amide bonds. The van der Waals surface area contributed by atoms with Crippen molar-refractivity contribution < 1.29 is 19.1 Å². The third kappa shape index (κ3) is 4.35. The maximum absolute atomic E-state index is 13.2. The molecule has 0 radical (unpaired) electrons. The van der Waals surface area contributed by atoms with E-state index in [-0.39, 0.29) is 23.1 Å². The Morgan fingerprint density at radius 1 is 0.833 bits per heavy atom. The number of ether oxygens (including phenoxy) is 2. The van der Waals surface area contributed by atoms with Crippen LogP contribution in [0.5, 0.6) is 5.75 Å². The monoisotopic (exact) mass is 489 g/mol. The van der Waals surface area contributed by atoms with E-state index in [0.29, 0.717) is 40.9 Å². The fourth-order valence-electron chi connectivity index (χ4n) is 4.22. The summed E-state index contributed by atoms with van der Waals surface area (Å²) in [4.78, 5) is 51.8. The number of amides is 1. The van der Waals surface area contributed by atoms with Crippen LogP contribution in [0, 0.1) is 0 Å². The third-order valence-electron chi connectivity index (χ3n) is 6.05. The molecule has 1 N–H and O–H groups in total. The molecular weight excluding hydrogens is 462 g/mol. The van der Waals surface area contributed by atoms with Gasteiger partial charge in [0.1, 0.15) is 16.9 Å². The fraction of sp³-hybridized carbons (Fsp3) is 0.259. The number of nitrogens with zero attached hydrogens (tertiary/aromatic N) is 2. The zero-order valence-electron chi connectivity index (χ0n) is 20.6. The number of rotatable bonds is 7. The van der Waals surface area contributed by atoms with Crippen LogP contribution in [0.3, 0.4) is 0 Å². The Morgan fingerprint density at radius 3 is 2.03 bits per heavy atom. The van der Waals surface area contributed by atoms with Crippen molar-refractivity contribution in [2.45, 2.75) is 33.9 Å². The first-order valence-electron chi connectivity index (χ1n) is 11.7. The van der Waals surface area contributed by atoms with E-state index in [0.717, 1.165) is 0 Å². The van der Waals surface area contributed by atoms with Crippen molar-refractivity contribution in [3.63, 3.8) is 0 Å². The van der Waals surface area contributed by atoms with Crippen molar-refractivity contribution in [1.29, 1.82) is 0 Å². The van der Waals surface area contributed by atoms with Gasteiger partial charge in [-0.1, -0.05) is 0 Å². The Balaban J connectivity index is 1.79. The van der Waals surface area contributed by atoms with Gasteiger partial charge in [-0.3, -0.25) is 14.4 Å². The minimum Gasteiger partial charge on any atom is -0.497 e. The number of anilines is 1. The summed E-state index contributed by atoms with van der Waals surface area (Å²) in [5.41, 5.74) is 0.589. The maximum atomic E-state index is 13.2. The van der Waals surface area contributed by atoms with Crippen LogP contribution in [0.25, 0.3) is 21.8 Å². The number of pyridine rings is 2. The molecule has 36 heavy (non-hydrogen) atoms. The van der Waals surface area contributed by atoms with Crippen molar-refractivity contribution in [2.75, 3.05) is 19.0 Å². The van der Waals surface area contributed by atoms with Gasteiger partial charge in [-0.2, -0.15) is 0 Å². The number of esters is 1. The van der Waals surface area contributed by atoms with E-state index in [1.807, 2.05) is 18.4 Å². The molecule has 0 aliphatic rings. The highest BCUT2D eigenvalue weighted by Gasteiger charge is 2.19. The summed E-state index contributed by atoms with van der Waals surface area (Å²) >= 11 is 0. The minimum atomic E-state index is -0.701. The van der Waals surface area contributed by atoms with Crippen LogP contribution in [0.1, 0.15) is 41.5 Å². The van der Waals surface area contributed by atoms with Crippen LogP contribution < -0.4 is 20.9 Å². The number of hydrogen-bond donors (Lipinski definition) is 1. The van der Waals surface area contributed by atoms with E-state index in [1.54, 1.807) is 41.8 Å². The van der Waals surface area contributed by atoms with Crippen molar-refractivity contribution in [3.05, 3.63) is 80.4 Å². The van der Waals surface area contributed by atoms with E-state index in [1.165, 1.54) is 25.6 Å². The fourth-order valence-corrected chi connectivity index (χ4v) is 4.22. The highest BCUT2D eigenvalue weighted by atomic mass is 16.5. The quantitative estimate of drug-likeness (QED) is 0.396. The number of carbonyl (C=O) groups is 2. The molecule has 4 rings (SSSR count). The average Bonchev–Trinajstić information content (AvgIpc) is 2.89. The molecule has 0 fully saturated rings. The molecule has 2 heterocycles. The second kappa shape index (κ2) is 10.1. The molecule has 9 heteroatoms. The highest BCUT2D eigenvalue weighted by Crippen LogP contribution is 2.21. The van der Waals surface area contributed by atoms with Crippen molar-refractivity contribution in [2.24, 2.45) is 0 Å². The standard InChI is InChI=1S/C27H27N3O6/c1-5-29-14-20(24(31)19-13-17(35-4)9-11-23(19)29)26(33)28-16-8-10-22-18(12-16)25(32)21(15-30(22)6-2)27(34)36-7-3/h8-15H,5-7H2,1-4H3,(H,28,33). The van der Waals surface area contributed by atoms with E-state index in [4.69, 9.17) is 9.47 Å². The van der Waals surface area contributed by atoms with Crippen molar-refractivity contribution >= 4 is 39.4 Å². The number of hydrogen-bond acceptors (Lipinski definition) is 6. The topological polar surface area (TPSA) is 109 Å². The summed E-state index contributed by atoms with van der Waals surface area (Å²) in [5, 5.41) is 3.35. The Morgan fingerprint density at radius 2 is 1.42 bits per heavy atom. The van der Waals surface area contributed by atoms with E-state index >= 15 is 0 Å². The number of benzene rings is 2. The highest BCUT2D eigenvalue weighted by molar-refractivity contribution is 6.06. The first kappa shape index (κ1) is 24.7. The van der Waals surface area contributed by atoms with Gasteiger partial charge in [0, 0.05) is 36.6 Å². The molecule has 9 nitrogen and oxygen atoms in total. The van der Waals surface area contributed by atoms with Crippen LogP contribution in [-0.2, 0) is 17.8 Å². The molecule has 0 atom stereocenters. The second-order valence-corrected chi connectivity index (χ2v) is 8.11. The SMILES string of the molecule is CCOC(=O)c1cn(CC)c2ccc(NC(=O)c3cn(CC)c4ccc(OC)cc4c3=O)cc2c1=O. The summed E-state index contributed by atoms with van der Waals surface area (Å²) in [5.74, 6) is -0.796. The van der Waals surface area contributed by atoms with Crippen molar-refractivity contribution in [3.8, 4) is 5.75 Å². The molecule has 0 spiro atoms. The molecule has 0 bridgehead atoms. The van der Waals surface area contributed by atoms with Gasteiger partial charge in [-0.25, -0.2) is 4.79 Å². The number of nitrogens with one attached hydrogen (secondary N) is 1. The largest absolute Gasteiger partial charge is 0.497 e. The van der Waals surface area contributed by atoms with E-state index in [2.05, 4.69) is 5.32 Å². The normalized spacial score (nSPS) is 11.0. The number of carbonyl (C=O) groups excluding carboxylic acids is 2. The van der Waals surface area contributed by atoms with Crippen molar-refractivity contribution in [1.82, 2.24) is 9.13 Å². The molecule has 0 saturated heterocycles. The number of fused-ring (bicyclic) bond motifs is 2. The number of methoxy groups -OCH3 is 1.